The second-order valence-electron chi connectivity index (χ2n) is 7.17. The molecule has 1 heterocycles. The van der Waals surface area contributed by atoms with Crippen molar-refractivity contribution in [3.8, 4) is 11.3 Å². The molecule has 2 N–H and O–H groups in total. The fraction of sp³-hybridized carbons (Fsp3) is 0.174. The van der Waals surface area contributed by atoms with Crippen LogP contribution in [-0.2, 0) is 14.8 Å². The van der Waals surface area contributed by atoms with Crippen LogP contribution >= 0.6 is 23.1 Å². The molecule has 0 fully saturated rings. The summed E-state index contributed by atoms with van der Waals surface area (Å²) >= 11 is 2.55. The van der Waals surface area contributed by atoms with Gasteiger partial charge in [0.25, 0.3) is 5.91 Å². The molecule has 1 aromatic heterocycles. The summed E-state index contributed by atoms with van der Waals surface area (Å²) in [5, 5.41) is 6.13. The Balaban J connectivity index is 1.82. The number of anilines is 1. The highest BCUT2D eigenvalue weighted by Gasteiger charge is 2.20. The highest BCUT2D eigenvalue weighted by molar-refractivity contribution is 8.01. The van der Waals surface area contributed by atoms with Gasteiger partial charge >= 0.3 is 0 Å². The van der Waals surface area contributed by atoms with Crippen molar-refractivity contribution in [3.63, 3.8) is 0 Å². The third-order valence-corrected chi connectivity index (χ3v) is 8.49. The van der Waals surface area contributed by atoms with E-state index in [0.29, 0.717) is 27.1 Å². The molecule has 3 aromatic rings. The first-order valence-electron chi connectivity index (χ1n) is 10.1. The Morgan fingerprint density at radius 1 is 1.12 bits per heavy atom. The first kappa shape index (κ1) is 25.6. The number of benzene rings is 2. The Hall–Kier alpha value is -2.99. The lowest BCUT2D eigenvalue weighted by atomic mass is 10.1. The average molecular weight is 517 g/mol. The lowest BCUT2D eigenvalue weighted by Crippen LogP contribution is -2.24. The van der Waals surface area contributed by atoms with Crippen molar-refractivity contribution in [2.24, 2.45) is 0 Å². The van der Waals surface area contributed by atoms with Gasteiger partial charge in [-0.25, -0.2) is 17.7 Å². The zero-order chi connectivity index (χ0) is 24.7. The molecule has 0 saturated carbocycles. The van der Waals surface area contributed by atoms with Gasteiger partial charge in [0.2, 0.25) is 15.9 Å². The van der Waals surface area contributed by atoms with Crippen LogP contribution < -0.4 is 10.6 Å². The van der Waals surface area contributed by atoms with Crippen molar-refractivity contribution in [2.75, 3.05) is 31.7 Å². The van der Waals surface area contributed by atoms with E-state index in [4.69, 9.17) is 0 Å². The number of sulfonamides is 1. The number of carbonyl (C=O) groups excluding carboxylic acids is 2. The average Bonchev–Trinajstić information content (AvgIpc) is 3.24. The minimum Gasteiger partial charge on any atom is -0.352 e. The normalized spacial score (nSPS) is 11.3. The van der Waals surface area contributed by atoms with E-state index >= 15 is 0 Å². The Bertz CT molecular complexity index is 1270. The van der Waals surface area contributed by atoms with Crippen LogP contribution in [0.5, 0.6) is 0 Å². The minimum absolute atomic E-state index is 0.102. The second-order valence-corrected chi connectivity index (χ2v) is 11.5. The van der Waals surface area contributed by atoms with E-state index in [1.54, 1.807) is 6.08 Å². The number of carbonyl (C=O) groups is 2. The fourth-order valence-electron chi connectivity index (χ4n) is 2.77. The molecule has 0 aliphatic rings. The van der Waals surface area contributed by atoms with Crippen LogP contribution in [0.2, 0.25) is 0 Å². The molecular weight excluding hydrogens is 492 g/mol. The molecule has 3 rings (SSSR count). The maximum Gasteiger partial charge on any atom is 0.256 e. The second kappa shape index (κ2) is 11.4. The Morgan fingerprint density at radius 2 is 1.79 bits per heavy atom. The molecule has 0 bridgehead atoms. The fourth-order valence-corrected chi connectivity index (χ4v) is 5.56. The van der Waals surface area contributed by atoms with E-state index in [1.165, 1.54) is 61.5 Å². The molecule has 2 aromatic carbocycles. The van der Waals surface area contributed by atoms with Crippen LogP contribution in [0.15, 0.2) is 76.5 Å². The van der Waals surface area contributed by atoms with Crippen LogP contribution in [0.1, 0.15) is 10.4 Å². The number of hydrogen-bond acceptors (Lipinski definition) is 7. The number of aromatic nitrogens is 1. The number of amides is 2. The molecule has 0 saturated heterocycles. The zero-order valence-corrected chi connectivity index (χ0v) is 21.1. The topological polar surface area (TPSA) is 108 Å². The molecule has 0 spiro atoms. The summed E-state index contributed by atoms with van der Waals surface area (Å²) in [6.07, 6.45) is 1.61. The van der Waals surface area contributed by atoms with Crippen molar-refractivity contribution in [1.29, 1.82) is 0 Å². The van der Waals surface area contributed by atoms with E-state index in [9.17, 15) is 18.0 Å². The predicted molar refractivity (Wildman–Crippen MR) is 137 cm³/mol. The number of rotatable bonds is 10. The number of nitrogens with one attached hydrogen (secondary N) is 2. The molecule has 2 amide bonds. The number of thioether (sulfide) groups is 1. The lowest BCUT2D eigenvalue weighted by Gasteiger charge is -2.11. The largest absolute Gasteiger partial charge is 0.352 e. The molecule has 178 valence electrons. The van der Waals surface area contributed by atoms with Gasteiger partial charge < -0.3 is 10.6 Å². The van der Waals surface area contributed by atoms with E-state index < -0.39 is 15.9 Å². The summed E-state index contributed by atoms with van der Waals surface area (Å²) in [6.45, 7) is 3.96. The minimum atomic E-state index is -3.58. The summed E-state index contributed by atoms with van der Waals surface area (Å²) in [6, 6.07) is 15.1. The molecular formula is C23H24N4O4S3. The van der Waals surface area contributed by atoms with Gasteiger partial charge in [-0.1, -0.05) is 59.5 Å². The molecule has 8 nitrogen and oxygen atoms in total. The molecule has 0 atom stereocenters. The van der Waals surface area contributed by atoms with Gasteiger partial charge in [-0.05, 0) is 24.3 Å². The van der Waals surface area contributed by atoms with Crippen molar-refractivity contribution in [1.82, 2.24) is 14.6 Å². The van der Waals surface area contributed by atoms with E-state index in [0.717, 1.165) is 9.87 Å². The van der Waals surface area contributed by atoms with Gasteiger partial charge in [-0.2, -0.15) is 0 Å². The summed E-state index contributed by atoms with van der Waals surface area (Å²) in [5.74, 6) is -0.347. The number of nitrogens with zero attached hydrogens (tertiary/aromatic N) is 2. The molecule has 0 aliphatic carbocycles. The third kappa shape index (κ3) is 6.32. The molecule has 0 aliphatic heterocycles. The SMILES string of the molecule is C=CCNC(=O)CSc1nc(-c2ccccc2)c(NC(=O)c2ccc(S(=O)(=O)N(C)C)cc2)s1. The summed E-state index contributed by atoms with van der Waals surface area (Å²) in [5.41, 5.74) is 1.73. The Morgan fingerprint density at radius 3 is 2.41 bits per heavy atom. The van der Waals surface area contributed by atoms with Crippen molar-refractivity contribution in [2.45, 2.75) is 9.24 Å². The molecule has 34 heavy (non-hydrogen) atoms. The lowest BCUT2D eigenvalue weighted by molar-refractivity contribution is -0.118. The van der Waals surface area contributed by atoms with E-state index in [2.05, 4.69) is 22.2 Å². The Labute approximate surface area is 207 Å². The van der Waals surface area contributed by atoms with Gasteiger partial charge in [0.15, 0.2) is 4.34 Å². The molecule has 0 radical (unpaired) electrons. The van der Waals surface area contributed by atoms with Gasteiger partial charge in [0.1, 0.15) is 10.7 Å². The quantitative estimate of drug-likeness (QED) is 0.314. The van der Waals surface area contributed by atoms with Crippen LogP contribution in [0, 0.1) is 0 Å². The van der Waals surface area contributed by atoms with Crippen LogP contribution in [-0.4, -0.2) is 55.9 Å². The number of thiazole rings is 1. The molecule has 0 unspecified atom stereocenters. The van der Waals surface area contributed by atoms with Crippen LogP contribution in [0.25, 0.3) is 11.3 Å². The first-order valence-corrected chi connectivity index (χ1v) is 13.4. The summed E-state index contributed by atoms with van der Waals surface area (Å²) < 4.78 is 26.3. The summed E-state index contributed by atoms with van der Waals surface area (Å²) in [4.78, 5) is 29.6. The monoisotopic (exact) mass is 516 g/mol. The maximum absolute atomic E-state index is 12.9. The van der Waals surface area contributed by atoms with Gasteiger partial charge in [0.05, 0.1) is 10.6 Å². The van der Waals surface area contributed by atoms with E-state index in [-0.39, 0.29) is 16.6 Å². The van der Waals surface area contributed by atoms with Gasteiger partial charge in [-0.15, -0.1) is 6.58 Å². The Kier molecular flexibility index (Phi) is 8.61. The van der Waals surface area contributed by atoms with Crippen LogP contribution in [0.3, 0.4) is 0 Å². The standard InChI is InChI=1S/C23H24N4O4S3/c1-4-14-24-19(28)15-32-23-25-20(16-8-6-5-7-9-16)22(33-23)26-21(29)17-10-12-18(13-11-17)34(30,31)27(2)3/h4-13H,1,14-15H2,2-3H3,(H,24,28)(H,26,29). The van der Waals surface area contributed by atoms with Crippen molar-refractivity contribution >= 4 is 49.9 Å². The summed E-state index contributed by atoms with van der Waals surface area (Å²) in [7, 11) is -0.688. The van der Waals surface area contributed by atoms with E-state index in [1.807, 2.05) is 30.3 Å². The van der Waals surface area contributed by atoms with Crippen LogP contribution in [0.4, 0.5) is 5.00 Å². The maximum atomic E-state index is 12.9. The first-order chi connectivity index (χ1) is 16.2. The van der Waals surface area contributed by atoms with Gasteiger partial charge in [0, 0.05) is 31.8 Å². The van der Waals surface area contributed by atoms with Crippen molar-refractivity contribution in [3.05, 3.63) is 72.8 Å². The number of hydrogen-bond donors (Lipinski definition) is 2. The zero-order valence-electron chi connectivity index (χ0n) is 18.6. The molecule has 11 heteroatoms. The smallest absolute Gasteiger partial charge is 0.256 e. The third-order valence-electron chi connectivity index (χ3n) is 4.55. The van der Waals surface area contributed by atoms with Crippen molar-refractivity contribution < 1.29 is 18.0 Å². The predicted octanol–water partition coefficient (Wildman–Crippen LogP) is 3.71. The van der Waals surface area contributed by atoms with Gasteiger partial charge in [-0.3, -0.25) is 9.59 Å². The highest BCUT2D eigenvalue weighted by Crippen LogP contribution is 2.37. The highest BCUT2D eigenvalue weighted by atomic mass is 32.2.